The summed E-state index contributed by atoms with van der Waals surface area (Å²) in [5.41, 5.74) is 1.30. The van der Waals surface area contributed by atoms with Gasteiger partial charge in [-0.3, -0.25) is 0 Å². The second kappa shape index (κ2) is 6.24. The number of esters is 1. The summed E-state index contributed by atoms with van der Waals surface area (Å²) in [6.45, 7) is 5.50. The Kier molecular flexibility index (Phi) is 4.82. The topological polar surface area (TPSA) is 50.4 Å². The number of hydrogen-bond donors (Lipinski definition) is 2. The first-order valence-electron chi connectivity index (χ1n) is 6.13. The zero-order valence-corrected chi connectivity index (χ0v) is 14.5. The predicted molar refractivity (Wildman–Crippen MR) is 87.6 cm³/mol. The number of carbonyl (C=O) groups excluding carboxylic acids is 1. The Morgan fingerprint density at radius 2 is 2.20 bits per heavy atom. The van der Waals surface area contributed by atoms with E-state index in [0.29, 0.717) is 10.7 Å². The van der Waals surface area contributed by atoms with Crippen molar-refractivity contribution in [3.63, 3.8) is 0 Å². The summed E-state index contributed by atoms with van der Waals surface area (Å²) in [5.74, 6) is -0.325. The van der Waals surface area contributed by atoms with Crippen molar-refractivity contribution in [2.75, 3.05) is 0 Å². The van der Waals surface area contributed by atoms with Gasteiger partial charge in [0.1, 0.15) is 0 Å². The van der Waals surface area contributed by atoms with Crippen LogP contribution in [0.2, 0.25) is 0 Å². The van der Waals surface area contributed by atoms with E-state index in [2.05, 4.69) is 26.6 Å². The molecule has 2 N–H and O–H groups in total. The molecule has 4 nitrogen and oxygen atoms in total. The largest absolute Gasteiger partial charge is 0.459 e. The molecular weight excluding hydrogens is 360 g/mol. The highest BCUT2D eigenvalue weighted by molar-refractivity contribution is 9.11. The number of hydrogen-bond acceptors (Lipinski definition) is 4. The van der Waals surface area contributed by atoms with Gasteiger partial charge in [0.15, 0.2) is 5.11 Å². The van der Waals surface area contributed by atoms with Crippen molar-refractivity contribution >= 4 is 50.6 Å². The lowest BCUT2D eigenvalue weighted by Crippen LogP contribution is -2.45. The third-order valence-electron chi connectivity index (χ3n) is 2.71. The van der Waals surface area contributed by atoms with Crippen LogP contribution < -0.4 is 10.6 Å². The minimum atomic E-state index is -0.325. The minimum absolute atomic E-state index is 0.160. The molecule has 1 atom stereocenters. The number of halogens is 1. The predicted octanol–water partition coefficient (Wildman–Crippen LogP) is 3.26. The Balaban J connectivity index is 2.39. The standard InChI is InChI=1S/C13H15BrN2O2S2/c1-6(2)18-12(17)10-7(3)15-13(19)16-11(10)8-4-5-9(14)20-8/h4-6,11H,1-3H3,(H2,15,16,19). The lowest BCUT2D eigenvalue weighted by atomic mass is 10.0. The monoisotopic (exact) mass is 374 g/mol. The van der Waals surface area contributed by atoms with E-state index in [1.54, 1.807) is 11.3 Å². The Hall–Kier alpha value is -0.920. The molecule has 0 bridgehead atoms. The van der Waals surface area contributed by atoms with E-state index in [1.165, 1.54) is 0 Å². The molecule has 1 aromatic rings. The maximum absolute atomic E-state index is 12.3. The van der Waals surface area contributed by atoms with Crippen LogP contribution in [-0.2, 0) is 9.53 Å². The molecule has 1 unspecified atom stereocenters. The summed E-state index contributed by atoms with van der Waals surface area (Å²) in [7, 11) is 0. The van der Waals surface area contributed by atoms with Gasteiger partial charge >= 0.3 is 5.97 Å². The van der Waals surface area contributed by atoms with Crippen LogP contribution in [0.25, 0.3) is 0 Å². The Labute approximate surface area is 135 Å². The molecule has 108 valence electrons. The fourth-order valence-electron chi connectivity index (χ4n) is 1.94. The Bertz CT molecular complexity index is 581. The highest BCUT2D eigenvalue weighted by Gasteiger charge is 2.32. The van der Waals surface area contributed by atoms with Crippen LogP contribution in [0.1, 0.15) is 31.7 Å². The third-order valence-corrected chi connectivity index (χ3v) is 4.62. The average molecular weight is 375 g/mol. The smallest absolute Gasteiger partial charge is 0.338 e. The summed E-state index contributed by atoms with van der Waals surface area (Å²) >= 11 is 10.2. The van der Waals surface area contributed by atoms with Crippen molar-refractivity contribution in [2.45, 2.75) is 32.9 Å². The SMILES string of the molecule is CC1=C(C(=O)OC(C)C)C(c2ccc(Br)s2)NC(=S)N1. The summed E-state index contributed by atoms with van der Waals surface area (Å²) in [5, 5.41) is 6.63. The van der Waals surface area contributed by atoms with Gasteiger partial charge < -0.3 is 15.4 Å². The van der Waals surface area contributed by atoms with Crippen LogP contribution in [-0.4, -0.2) is 17.2 Å². The number of rotatable bonds is 3. The normalized spacial score (nSPS) is 18.9. The quantitative estimate of drug-likeness (QED) is 0.628. The molecule has 0 aromatic carbocycles. The third kappa shape index (κ3) is 3.39. The fourth-order valence-corrected chi connectivity index (χ4v) is 3.69. The first-order valence-corrected chi connectivity index (χ1v) is 8.14. The zero-order chi connectivity index (χ0) is 14.9. The molecule has 1 aliphatic heterocycles. The van der Waals surface area contributed by atoms with Gasteiger partial charge in [-0.1, -0.05) is 0 Å². The number of allylic oxidation sites excluding steroid dienone is 1. The maximum Gasteiger partial charge on any atom is 0.338 e. The molecule has 0 amide bonds. The van der Waals surface area contributed by atoms with Crippen molar-refractivity contribution in [1.29, 1.82) is 0 Å². The second-order valence-electron chi connectivity index (χ2n) is 4.67. The van der Waals surface area contributed by atoms with Gasteiger partial charge in [0, 0.05) is 10.6 Å². The molecule has 0 fully saturated rings. The molecule has 2 heterocycles. The Morgan fingerprint density at radius 1 is 1.50 bits per heavy atom. The van der Waals surface area contributed by atoms with E-state index in [-0.39, 0.29) is 18.1 Å². The summed E-state index contributed by atoms with van der Waals surface area (Å²) in [4.78, 5) is 13.3. The first-order chi connectivity index (χ1) is 9.38. The van der Waals surface area contributed by atoms with Gasteiger partial charge in [0.2, 0.25) is 0 Å². The number of carbonyl (C=O) groups is 1. The van der Waals surface area contributed by atoms with Gasteiger partial charge in [0.25, 0.3) is 0 Å². The molecule has 2 rings (SSSR count). The van der Waals surface area contributed by atoms with E-state index in [4.69, 9.17) is 17.0 Å². The van der Waals surface area contributed by atoms with Gasteiger partial charge in [-0.15, -0.1) is 11.3 Å². The molecule has 0 saturated carbocycles. The highest BCUT2D eigenvalue weighted by atomic mass is 79.9. The van der Waals surface area contributed by atoms with E-state index in [1.807, 2.05) is 32.9 Å². The van der Waals surface area contributed by atoms with Crippen LogP contribution in [0.5, 0.6) is 0 Å². The molecular formula is C13H15BrN2O2S2. The molecule has 7 heteroatoms. The fraction of sp³-hybridized carbons (Fsp3) is 0.385. The maximum atomic E-state index is 12.3. The lowest BCUT2D eigenvalue weighted by Gasteiger charge is -2.29. The second-order valence-corrected chi connectivity index (χ2v) is 7.57. The minimum Gasteiger partial charge on any atom is -0.459 e. The Morgan fingerprint density at radius 3 is 2.75 bits per heavy atom. The number of ether oxygens (including phenoxy) is 1. The van der Waals surface area contributed by atoms with Crippen LogP contribution in [0, 0.1) is 0 Å². The first kappa shape index (κ1) is 15.5. The molecule has 1 aromatic heterocycles. The van der Waals surface area contributed by atoms with E-state index >= 15 is 0 Å². The number of thiophene rings is 1. The molecule has 0 radical (unpaired) electrons. The number of thiocarbonyl (C=S) groups is 1. The highest BCUT2D eigenvalue weighted by Crippen LogP contribution is 2.34. The van der Waals surface area contributed by atoms with Crippen molar-refractivity contribution in [3.8, 4) is 0 Å². The summed E-state index contributed by atoms with van der Waals surface area (Å²) in [6.07, 6.45) is -0.160. The van der Waals surface area contributed by atoms with Crippen LogP contribution in [0.15, 0.2) is 27.2 Å². The van der Waals surface area contributed by atoms with Gasteiger partial charge in [-0.05, 0) is 61.1 Å². The lowest BCUT2D eigenvalue weighted by molar-refractivity contribution is -0.143. The molecule has 0 spiro atoms. The van der Waals surface area contributed by atoms with Gasteiger partial charge in [0.05, 0.1) is 21.5 Å². The van der Waals surface area contributed by atoms with Crippen molar-refractivity contribution in [2.24, 2.45) is 0 Å². The van der Waals surface area contributed by atoms with Gasteiger partial charge in [-0.2, -0.15) is 0 Å². The van der Waals surface area contributed by atoms with Crippen molar-refractivity contribution in [3.05, 3.63) is 32.1 Å². The summed E-state index contributed by atoms with van der Waals surface area (Å²) < 4.78 is 6.33. The van der Waals surface area contributed by atoms with Crippen LogP contribution >= 0.6 is 39.5 Å². The van der Waals surface area contributed by atoms with Crippen LogP contribution in [0.4, 0.5) is 0 Å². The van der Waals surface area contributed by atoms with Crippen LogP contribution in [0.3, 0.4) is 0 Å². The average Bonchev–Trinajstić information content (AvgIpc) is 2.73. The number of nitrogens with one attached hydrogen (secondary N) is 2. The van der Waals surface area contributed by atoms with E-state index < -0.39 is 0 Å². The molecule has 20 heavy (non-hydrogen) atoms. The van der Waals surface area contributed by atoms with Crippen molar-refractivity contribution < 1.29 is 9.53 Å². The summed E-state index contributed by atoms with van der Waals surface area (Å²) in [6, 6.07) is 3.65. The molecule has 0 saturated heterocycles. The van der Waals surface area contributed by atoms with E-state index in [0.717, 1.165) is 14.4 Å². The van der Waals surface area contributed by atoms with Crippen molar-refractivity contribution in [1.82, 2.24) is 10.6 Å². The van der Waals surface area contributed by atoms with Gasteiger partial charge in [-0.25, -0.2) is 4.79 Å². The van der Waals surface area contributed by atoms with E-state index in [9.17, 15) is 4.79 Å². The molecule has 0 aliphatic carbocycles. The molecule has 1 aliphatic rings. The zero-order valence-electron chi connectivity index (χ0n) is 11.3.